The Hall–Kier alpha value is -6.74. The lowest BCUT2D eigenvalue weighted by molar-refractivity contribution is 1.30. The van der Waals surface area contributed by atoms with Gasteiger partial charge in [0.1, 0.15) is 0 Å². The molecule has 54 heavy (non-hydrogen) atoms. The van der Waals surface area contributed by atoms with Crippen molar-refractivity contribution in [3.63, 3.8) is 0 Å². The van der Waals surface area contributed by atoms with Crippen LogP contribution in [0.5, 0.6) is 0 Å². The van der Waals surface area contributed by atoms with Gasteiger partial charge in [0.2, 0.25) is 0 Å². The highest BCUT2D eigenvalue weighted by Gasteiger charge is 2.26. The van der Waals surface area contributed by atoms with Crippen molar-refractivity contribution in [2.24, 2.45) is 0 Å². The van der Waals surface area contributed by atoms with Crippen LogP contribution in [0.2, 0.25) is 0 Å². The normalized spacial score (nSPS) is 12.1. The molecule has 0 radical (unpaired) electrons. The van der Waals surface area contributed by atoms with Crippen molar-refractivity contribution in [2.45, 2.75) is 0 Å². The van der Waals surface area contributed by atoms with Crippen LogP contribution in [-0.4, -0.2) is 0 Å². The SMILES string of the molecule is c1ccc(-c2ccc(N(c3cc4c5c(c3)sc3ccc6ccc7ccc8cccc-4c8c7c6c35)c3cc4ccccc4cc3-c3ccccc3)cc2)cc1. The fourth-order valence-corrected chi connectivity index (χ4v) is 10.2. The van der Waals surface area contributed by atoms with Crippen LogP contribution in [0.4, 0.5) is 17.1 Å². The van der Waals surface area contributed by atoms with Gasteiger partial charge in [-0.15, -0.1) is 11.3 Å². The summed E-state index contributed by atoms with van der Waals surface area (Å²) in [6, 6.07) is 69.8. The Morgan fingerprint density at radius 1 is 0.296 bits per heavy atom. The molecular formula is C52H31NS. The van der Waals surface area contributed by atoms with Crippen LogP contribution in [0.1, 0.15) is 0 Å². The Bertz CT molecular complexity index is 3300. The Kier molecular flexibility index (Phi) is 6.28. The molecule has 11 aromatic rings. The van der Waals surface area contributed by atoms with Crippen molar-refractivity contribution < 1.29 is 0 Å². The number of rotatable bonds is 5. The summed E-state index contributed by atoms with van der Waals surface area (Å²) in [6.07, 6.45) is 0. The Balaban J connectivity index is 1.20. The van der Waals surface area contributed by atoms with Gasteiger partial charge in [0, 0.05) is 37.1 Å². The largest absolute Gasteiger partial charge is 0.310 e. The number of hydrogen-bond donors (Lipinski definition) is 0. The van der Waals surface area contributed by atoms with Crippen LogP contribution < -0.4 is 4.90 Å². The van der Waals surface area contributed by atoms with E-state index in [9.17, 15) is 0 Å². The number of fused-ring (bicyclic) bond motifs is 2. The van der Waals surface area contributed by atoms with Gasteiger partial charge < -0.3 is 4.90 Å². The summed E-state index contributed by atoms with van der Waals surface area (Å²) in [5.41, 5.74) is 10.8. The van der Waals surface area contributed by atoms with Crippen LogP contribution in [-0.2, 0) is 0 Å². The van der Waals surface area contributed by atoms with Gasteiger partial charge in [-0.05, 0) is 113 Å². The molecule has 0 amide bonds. The van der Waals surface area contributed by atoms with E-state index in [0.717, 1.165) is 17.1 Å². The molecule has 12 rings (SSSR count). The molecule has 1 aliphatic rings. The maximum absolute atomic E-state index is 2.50. The molecule has 0 fully saturated rings. The molecule has 2 heteroatoms. The molecule has 0 N–H and O–H groups in total. The Labute approximate surface area is 316 Å². The van der Waals surface area contributed by atoms with Crippen molar-refractivity contribution in [1.82, 2.24) is 0 Å². The predicted octanol–water partition coefficient (Wildman–Crippen LogP) is 15.5. The molecule has 10 aromatic carbocycles. The second-order valence-corrected chi connectivity index (χ2v) is 15.6. The van der Waals surface area contributed by atoms with Crippen molar-refractivity contribution in [2.75, 3.05) is 4.90 Å². The predicted molar refractivity (Wildman–Crippen MR) is 234 cm³/mol. The third kappa shape index (κ3) is 4.32. The fraction of sp³-hybridized carbons (Fsp3) is 0. The molecule has 0 saturated carbocycles. The minimum Gasteiger partial charge on any atom is -0.310 e. The smallest absolute Gasteiger partial charge is 0.0546 e. The van der Waals surface area contributed by atoms with E-state index in [-0.39, 0.29) is 0 Å². The van der Waals surface area contributed by atoms with Gasteiger partial charge in [-0.1, -0.05) is 146 Å². The summed E-state index contributed by atoms with van der Waals surface area (Å²) in [5.74, 6) is 0. The maximum atomic E-state index is 2.50. The van der Waals surface area contributed by atoms with E-state index >= 15 is 0 Å². The van der Waals surface area contributed by atoms with Crippen LogP contribution >= 0.6 is 11.3 Å². The second kappa shape index (κ2) is 11.4. The van der Waals surface area contributed by atoms with Gasteiger partial charge in [0.25, 0.3) is 0 Å². The Morgan fingerprint density at radius 2 is 0.889 bits per heavy atom. The summed E-state index contributed by atoms with van der Waals surface area (Å²) in [6.45, 7) is 0. The number of thiophene rings is 1. The van der Waals surface area contributed by atoms with Gasteiger partial charge >= 0.3 is 0 Å². The summed E-state index contributed by atoms with van der Waals surface area (Å²) < 4.78 is 2.64. The average molecular weight is 702 g/mol. The molecule has 1 nitrogen and oxygen atoms in total. The Morgan fingerprint density at radius 3 is 1.63 bits per heavy atom. The molecular weight excluding hydrogens is 671 g/mol. The highest BCUT2D eigenvalue weighted by Crippen LogP contribution is 2.53. The third-order valence-electron chi connectivity index (χ3n) is 11.5. The lowest BCUT2D eigenvalue weighted by Crippen LogP contribution is -2.11. The third-order valence-corrected chi connectivity index (χ3v) is 12.6. The number of hydrogen-bond acceptors (Lipinski definition) is 2. The number of benzene rings is 10. The lowest BCUT2D eigenvalue weighted by atomic mass is 9.92. The summed E-state index contributed by atoms with van der Waals surface area (Å²) >= 11 is 1.92. The van der Waals surface area contributed by atoms with Gasteiger partial charge in [-0.25, -0.2) is 0 Å². The summed E-state index contributed by atoms with van der Waals surface area (Å²) in [7, 11) is 0. The zero-order valence-electron chi connectivity index (χ0n) is 29.3. The van der Waals surface area contributed by atoms with Gasteiger partial charge in [0.15, 0.2) is 0 Å². The molecule has 0 spiro atoms. The van der Waals surface area contributed by atoms with E-state index in [1.54, 1.807) is 0 Å². The standard InChI is InChI=1S/C52H31NS/c1-3-10-32(11-4-1)33-22-25-40(26-23-33)53(45-29-39-15-8-7-14-38(39)28-43(45)34-12-5-2-6-13-34)41-30-44-42-17-9-16-35-18-19-36-20-21-37-24-27-46-52(50(37)49(36)48(35)42)51(44)47(31-41)54-46/h1-31H. The zero-order valence-corrected chi connectivity index (χ0v) is 30.1. The molecule has 0 unspecified atom stereocenters. The van der Waals surface area contributed by atoms with Crippen molar-refractivity contribution in [1.29, 1.82) is 0 Å². The molecule has 0 atom stereocenters. The van der Waals surface area contributed by atoms with Gasteiger partial charge in [-0.3, -0.25) is 0 Å². The van der Waals surface area contributed by atoms with Crippen LogP contribution in [0.25, 0.3) is 96.6 Å². The monoisotopic (exact) mass is 701 g/mol. The molecule has 250 valence electrons. The molecule has 0 bridgehead atoms. The van der Waals surface area contributed by atoms with Crippen molar-refractivity contribution in [3.05, 3.63) is 188 Å². The van der Waals surface area contributed by atoms with Crippen LogP contribution in [0.15, 0.2) is 188 Å². The van der Waals surface area contributed by atoms with E-state index in [1.807, 2.05) is 11.3 Å². The highest BCUT2D eigenvalue weighted by atomic mass is 32.1. The number of anilines is 3. The molecule has 1 aromatic heterocycles. The lowest BCUT2D eigenvalue weighted by Gasteiger charge is -2.29. The summed E-state index contributed by atoms with van der Waals surface area (Å²) in [4.78, 5) is 2.50. The van der Waals surface area contributed by atoms with E-state index in [4.69, 9.17) is 0 Å². The minimum absolute atomic E-state index is 1.12. The first-order valence-corrected chi connectivity index (χ1v) is 19.4. The maximum Gasteiger partial charge on any atom is 0.0546 e. The van der Waals surface area contributed by atoms with Crippen molar-refractivity contribution in [3.8, 4) is 33.4 Å². The highest BCUT2D eigenvalue weighted by molar-refractivity contribution is 7.26. The summed E-state index contributed by atoms with van der Waals surface area (Å²) in [5, 5.41) is 13.2. The molecule has 0 saturated heterocycles. The van der Waals surface area contributed by atoms with E-state index < -0.39 is 0 Å². The van der Waals surface area contributed by atoms with Gasteiger partial charge in [0.05, 0.1) is 5.69 Å². The number of nitrogens with zero attached hydrogens (tertiary/aromatic N) is 1. The fourth-order valence-electron chi connectivity index (χ4n) is 9.07. The zero-order chi connectivity index (χ0) is 35.3. The first-order valence-electron chi connectivity index (χ1n) is 18.6. The molecule has 0 aliphatic heterocycles. The topological polar surface area (TPSA) is 3.24 Å². The second-order valence-electron chi connectivity index (χ2n) is 14.5. The van der Waals surface area contributed by atoms with Crippen molar-refractivity contribution >= 4 is 91.7 Å². The minimum atomic E-state index is 1.12. The first kappa shape index (κ1) is 29.8. The molecule has 1 aliphatic carbocycles. The first-order chi connectivity index (χ1) is 26.8. The van der Waals surface area contributed by atoms with Crippen LogP contribution in [0.3, 0.4) is 0 Å². The van der Waals surface area contributed by atoms with E-state index in [2.05, 4.69) is 193 Å². The quantitative estimate of drug-likeness (QED) is 0.162. The average Bonchev–Trinajstić information content (AvgIpc) is 3.56. The molecule has 1 heterocycles. The van der Waals surface area contributed by atoms with Gasteiger partial charge in [-0.2, -0.15) is 0 Å². The van der Waals surface area contributed by atoms with E-state index in [0.29, 0.717) is 0 Å². The van der Waals surface area contributed by atoms with E-state index in [1.165, 1.54) is 96.6 Å². The van der Waals surface area contributed by atoms with Crippen LogP contribution in [0, 0.1) is 0 Å².